The van der Waals surface area contributed by atoms with Crippen LogP contribution in [0, 0.1) is 5.92 Å². The van der Waals surface area contributed by atoms with Crippen molar-refractivity contribution in [3.8, 4) is 0 Å². The first-order valence-corrected chi connectivity index (χ1v) is 7.99. The van der Waals surface area contributed by atoms with Gasteiger partial charge in [-0.3, -0.25) is 9.69 Å². The number of aryl methyl sites for hydroxylation is 1. The monoisotopic (exact) mass is 292 g/mol. The summed E-state index contributed by atoms with van der Waals surface area (Å²) in [4.78, 5) is 18.9. The highest BCUT2D eigenvalue weighted by Crippen LogP contribution is 2.60. The van der Waals surface area contributed by atoms with Gasteiger partial charge >= 0.3 is 0 Å². The second kappa shape index (κ2) is 4.94. The van der Waals surface area contributed by atoms with Crippen molar-refractivity contribution in [1.29, 1.82) is 0 Å². The van der Waals surface area contributed by atoms with E-state index >= 15 is 0 Å². The van der Waals surface area contributed by atoms with Crippen molar-refractivity contribution < 1.29 is 4.79 Å². The number of anilines is 1. The predicted molar refractivity (Wildman–Crippen MR) is 86.8 cm³/mol. The van der Waals surface area contributed by atoms with Gasteiger partial charge in [0.05, 0.1) is 0 Å². The normalized spacial score (nSPS) is 25.6. The van der Waals surface area contributed by atoms with E-state index in [4.69, 9.17) is 0 Å². The second-order valence-corrected chi connectivity index (χ2v) is 6.51. The van der Waals surface area contributed by atoms with Crippen molar-refractivity contribution in [2.45, 2.75) is 31.1 Å². The molecule has 1 spiro atoms. The SMILES string of the molecule is CN(C(=O)[C@H]1C[C@@]12CCCc1ccccc12)c1ccccn1. The summed E-state index contributed by atoms with van der Waals surface area (Å²) in [6.07, 6.45) is 6.19. The molecule has 1 fully saturated rings. The zero-order valence-corrected chi connectivity index (χ0v) is 12.8. The van der Waals surface area contributed by atoms with Crippen molar-refractivity contribution in [3.63, 3.8) is 0 Å². The maximum absolute atomic E-state index is 12.9. The molecule has 0 saturated heterocycles. The molecule has 1 heterocycles. The molecule has 112 valence electrons. The highest BCUT2D eigenvalue weighted by molar-refractivity contribution is 5.97. The molecule has 22 heavy (non-hydrogen) atoms. The van der Waals surface area contributed by atoms with Crippen LogP contribution in [-0.4, -0.2) is 17.9 Å². The van der Waals surface area contributed by atoms with Crippen LogP contribution in [0.4, 0.5) is 5.82 Å². The third kappa shape index (κ3) is 1.96. The first kappa shape index (κ1) is 13.5. The van der Waals surface area contributed by atoms with E-state index in [0.29, 0.717) is 0 Å². The van der Waals surface area contributed by atoms with Crippen LogP contribution in [-0.2, 0) is 16.6 Å². The van der Waals surface area contributed by atoms with Crippen molar-refractivity contribution in [1.82, 2.24) is 4.98 Å². The lowest BCUT2D eigenvalue weighted by Gasteiger charge is -2.27. The summed E-state index contributed by atoms with van der Waals surface area (Å²) >= 11 is 0. The lowest BCUT2D eigenvalue weighted by molar-refractivity contribution is -0.120. The second-order valence-electron chi connectivity index (χ2n) is 6.51. The fourth-order valence-corrected chi connectivity index (χ4v) is 4.05. The summed E-state index contributed by atoms with van der Waals surface area (Å²) in [6, 6.07) is 14.3. The summed E-state index contributed by atoms with van der Waals surface area (Å²) in [5, 5.41) is 0. The van der Waals surface area contributed by atoms with Gasteiger partial charge in [-0.25, -0.2) is 4.98 Å². The number of pyridine rings is 1. The fourth-order valence-electron chi connectivity index (χ4n) is 4.05. The van der Waals surface area contributed by atoms with E-state index in [9.17, 15) is 4.79 Å². The third-order valence-electron chi connectivity index (χ3n) is 5.32. The smallest absolute Gasteiger partial charge is 0.231 e. The highest BCUT2D eigenvalue weighted by Gasteiger charge is 2.60. The van der Waals surface area contributed by atoms with Crippen molar-refractivity contribution in [3.05, 3.63) is 59.8 Å². The molecule has 1 saturated carbocycles. The van der Waals surface area contributed by atoms with Crippen LogP contribution in [0.25, 0.3) is 0 Å². The number of rotatable bonds is 2. The minimum Gasteiger partial charge on any atom is -0.300 e. The molecular formula is C19H20N2O. The highest BCUT2D eigenvalue weighted by atomic mass is 16.2. The van der Waals surface area contributed by atoms with Crippen LogP contribution >= 0.6 is 0 Å². The van der Waals surface area contributed by atoms with Crippen LogP contribution in [0.5, 0.6) is 0 Å². The molecule has 0 aliphatic heterocycles. The molecule has 0 N–H and O–H groups in total. The molecule has 4 rings (SSSR count). The van der Waals surface area contributed by atoms with Gasteiger partial charge in [0.25, 0.3) is 0 Å². The predicted octanol–water partition coefficient (Wildman–Crippen LogP) is 3.34. The van der Waals surface area contributed by atoms with E-state index in [0.717, 1.165) is 25.1 Å². The lowest BCUT2D eigenvalue weighted by Crippen LogP contribution is -2.32. The molecule has 2 aromatic rings. The third-order valence-corrected chi connectivity index (χ3v) is 5.32. The van der Waals surface area contributed by atoms with Gasteiger partial charge in [0.15, 0.2) is 0 Å². The van der Waals surface area contributed by atoms with E-state index in [1.165, 1.54) is 17.5 Å². The molecule has 0 radical (unpaired) electrons. The van der Waals surface area contributed by atoms with Gasteiger partial charge in [0.2, 0.25) is 5.91 Å². The summed E-state index contributed by atoms with van der Waals surface area (Å²) in [7, 11) is 1.84. The largest absolute Gasteiger partial charge is 0.300 e. The van der Waals surface area contributed by atoms with Gasteiger partial charge < -0.3 is 0 Å². The molecule has 3 nitrogen and oxygen atoms in total. The molecule has 2 aliphatic carbocycles. The molecule has 0 unspecified atom stereocenters. The number of fused-ring (bicyclic) bond motifs is 2. The maximum Gasteiger partial charge on any atom is 0.231 e. The van der Waals surface area contributed by atoms with Crippen LogP contribution < -0.4 is 4.90 Å². The quantitative estimate of drug-likeness (QED) is 0.850. The van der Waals surface area contributed by atoms with Gasteiger partial charge in [-0.15, -0.1) is 0 Å². The Morgan fingerprint density at radius 1 is 1.23 bits per heavy atom. The Balaban J connectivity index is 1.61. The minimum absolute atomic E-state index is 0.0922. The molecule has 0 bridgehead atoms. The van der Waals surface area contributed by atoms with Crippen molar-refractivity contribution in [2.24, 2.45) is 5.92 Å². The molecule has 3 heteroatoms. The number of hydrogen-bond donors (Lipinski definition) is 0. The zero-order chi connectivity index (χ0) is 15.2. The van der Waals surface area contributed by atoms with Crippen LogP contribution in [0.15, 0.2) is 48.7 Å². The van der Waals surface area contributed by atoms with Crippen LogP contribution in [0.3, 0.4) is 0 Å². The van der Waals surface area contributed by atoms with Gasteiger partial charge in [-0.2, -0.15) is 0 Å². The molecule has 2 atom stereocenters. The summed E-state index contributed by atoms with van der Waals surface area (Å²) < 4.78 is 0. The molecule has 1 aromatic carbocycles. The van der Waals surface area contributed by atoms with Crippen LogP contribution in [0.1, 0.15) is 30.4 Å². The van der Waals surface area contributed by atoms with Gasteiger partial charge in [0, 0.05) is 24.6 Å². The van der Waals surface area contributed by atoms with Gasteiger partial charge in [-0.1, -0.05) is 30.3 Å². The van der Waals surface area contributed by atoms with E-state index in [-0.39, 0.29) is 17.2 Å². The Labute approximate surface area is 131 Å². The fraction of sp³-hybridized carbons (Fsp3) is 0.368. The van der Waals surface area contributed by atoms with Gasteiger partial charge in [0.1, 0.15) is 5.82 Å². The summed E-state index contributed by atoms with van der Waals surface area (Å²) in [5.74, 6) is 1.05. The first-order chi connectivity index (χ1) is 10.7. The number of carbonyl (C=O) groups is 1. The molecule has 1 amide bonds. The van der Waals surface area contributed by atoms with Crippen molar-refractivity contribution >= 4 is 11.7 Å². The summed E-state index contributed by atoms with van der Waals surface area (Å²) in [6.45, 7) is 0. The summed E-state index contributed by atoms with van der Waals surface area (Å²) in [5.41, 5.74) is 2.94. The number of carbonyl (C=O) groups excluding carboxylic acids is 1. The topological polar surface area (TPSA) is 33.2 Å². The number of amides is 1. The minimum atomic E-state index is 0.0922. The Hall–Kier alpha value is -2.16. The first-order valence-electron chi connectivity index (χ1n) is 7.99. The Morgan fingerprint density at radius 3 is 2.86 bits per heavy atom. The number of nitrogens with zero attached hydrogens (tertiary/aromatic N) is 2. The Bertz CT molecular complexity index is 712. The standard InChI is InChI=1S/C19H20N2O/c1-21(17-10-4-5-12-20-17)18(22)16-13-19(16)11-6-8-14-7-2-3-9-15(14)19/h2-5,7,9-10,12,16H,6,8,11,13H2,1H3/t16-,19-/m1/s1. The zero-order valence-electron chi connectivity index (χ0n) is 12.8. The molecular weight excluding hydrogens is 272 g/mol. The lowest BCUT2D eigenvalue weighted by atomic mass is 9.78. The Kier molecular flexibility index (Phi) is 3.03. The average Bonchev–Trinajstić information content (AvgIpc) is 3.29. The Morgan fingerprint density at radius 2 is 2.05 bits per heavy atom. The van der Waals surface area contributed by atoms with E-state index < -0.39 is 0 Å². The van der Waals surface area contributed by atoms with E-state index in [1.54, 1.807) is 11.1 Å². The number of benzene rings is 1. The van der Waals surface area contributed by atoms with Crippen LogP contribution in [0.2, 0.25) is 0 Å². The molecule has 2 aliphatic rings. The van der Waals surface area contributed by atoms with Crippen molar-refractivity contribution in [2.75, 3.05) is 11.9 Å². The van der Waals surface area contributed by atoms with E-state index in [2.05, 4.69) is 29.2 Å². The maximum atomic E-state index is 12.9. The average molecular weight is 292 g/mol. The van der Waals surface area contributed by atoms with E-state index in [1.807, 2.05) is 25.2 Å². The number of hydrogen-bond acceptors (Lipinski definition) is 2. The molecule has 1 aromatic heterocycles. The number of aromatic nitrogens is 1. The van der Waals surface area contributed by atoms with Gasteiger partial charge in [-0.05, 0) is 48.9 Å².